The van der Waals surface area contributed by atoms with Gasteiger partial charge < -0.3 is 19.7 Å². The van der Waals surface area contributed by atoms with Crippen LogP contribution in [-0.2, 0) is 26.2 Å². The van der Waals surface area contributed by atoms with Gasteiger partial charge in [0.15, 0.2) is 0 Å². The molecule has 0 aliphatic rings. The molecule has 220 valence electrons. The Labute approximate surface area is 243 Å². The van der Waals surface area contributed by atoms with Crippen LogP contribution in [0.5, 0.6) is 11.5 Å². The molecule has 0 saturated heterocycles. The number of nitrogens with zero attached hydrogens (tertiary/aromatic N) is 2. The van der Waals surface area contributed by atoms with E-state index >= 15 is 0 Å². The first-order chi connectivity index (χ1) is 19.4. The lowest BCUT2D eigenvalue weighted by Crippen LogP contribution is -2.54. The average molecular weight is 582 g/mol. The lowest BCUT2D eigenvalue weighted by atomic mass is 10.1. The maximum atomic E-state index is 14.0. The van der Waals surface area contributed by atoms with Gasteiger partial charge in [-0.3, -0.25) is 13.9 Å². The lowest BCUT2D eigenvalue weighted by molar-refractivity contribution is -0.140. The summed E-state index contributed by atoms with van der Waals surface area (Å²) in [7, 11) is -2.60. The van der Waals surface area contributed by atoms with E-state index < -0.39 is 34.1 Å². The Morgan fingerprint density at radius 1 is 0.927 bits per heavy atom. The van der Waals surface area contributed by atoms with Gasteiger partial charge in [0.2, 0.25) is 11.8 Å². The van der Waals surface area contributed by atoms with Crippen LogP contribution in [-0.4, -0.2) is 57.0 Å². The molecule has 0 aliphatic heterocycles. The molecule has 9 nitrogen and oxygen atoms in total. The Kier molecular flexibility index (Phi) is 10.4. The van der Waals surface area contributed by atoms with Crippen LogP contribution in [0, 0.1) is 0 Å². The zero-order valence-electron chi connectivity index (χ0n) is 24.5. The summed E-state index contributed by atoms with van der Waals surface area (Å²) in [6, 6.07) is 20.7. The number of carbonyl (C=O) groups is 2. The molecular weight excluding hydrogens is 542 g/mol. The van der Waals surface area contributed by atoms with Gasteiger partial charge in [-0.25, -0.2) is 8.42 Å². The highest BCUT2D eigenvalue weighted by Gasteiger charge is 2.33. The zero-order chi connectivity index (χ0) is 30.2. The van der Waals surface area contributed by atoms with Crippen LogP contribution < -0.4 is 19.1 Å². The number of hydrogen-bond donors (Lipinski definition) is 1. The highest BCUT2D eigenvalue weighted by atomic mass is 32.2. The smallest absolute Gasteiger partial charge is 0.264 e. The van der Waals surface area contributed by atoms with Crippen molar-refractivity contribution in [2.75, 3.05) is 24.6 Å². The quantitative estimate of drug-likeness (QED) is 0.335. The summed E-state index contributed by atoms with van der Waals surface area (Å²) in [5.41, 5.74) is 0.492. The summed E-state index contributed by atoms with van der Waals surface area (Å²) in [6.07, 6.45) is 0. The van der Waals surface area contributed by atoms with Crippen LogP contribution in [0.25, 0.3) is 0 Å². The minimum atomic E-state index is -4.14. The average Bonchev–Trinajstić information content (AvgIpc) is 2.94. The van der Waals surface area contributed by atoms with Gasteiger partial charge in [-0.1, -0.05) is 30.3 Å². The summed E-state index contributed by atoms with van der Waals surface area (Å²) in [4.78, 5) is 28.7. The number of sulfonamides is 1. The molecule has 1 N–H and O–H groups in total. The minimum Gasteiger partial charge on any atom is -0.497 e. The van der Waals surface area contributed by atoms with Gasteiger partial charge in [-0.15, -0.1) is 0 Å². The maximum Gasteiger partial charge on any atom is 0.264 e. The van der Waals surface area contributed by atoms with Gasteiger partial charge in [0, 0.05) is 12.1 Å². The summed E-state index contributed by atoms with van der Waals surface area (Å²) in [5, 5.41) is 2.92. The third-order valence-corrected chi connectivity index (χ3v) is 7.99. The highest BCUT2D eigenvalue weighted by molar-refractivity contribution is 7.92. The van der Waals surface area contributed by atoms with Crippen molar-refractivity contribution in [1.29, 1.82) is 0 Å². The molecule has 0 spiro atoms. The van der Waals surface area contributed by atoms with E-state index in [4.69, 9.17) is 9.47 Å². The van der Waals surface area contributed by atoms with Crippen LogP contribution >= 0.6 is 0 Å². The molecular formula is C31H39N3O6S. The predicted octanol–water partition coefficient (Wildman–Crippen LogP) is 4.62. The van der Waals surface area contributed by atoms with E-state index in [2.05, 4.69) is 5.32 Å². The monoisotopic (exact) mass is 581 g/mol. The van der Waals surface area contributed by atoms with E-state index in [0.717, 1.165) is 9.87 Å². The Morgan fingerprint density at radius 3 is 2.17 bits per heavy atom. The van der Waals surface area contributed by atoms with Gasteiger partial charge in [-0.05, 0) is 88.7 Å². The van der Waals surface area contributed by atoms with Crippen molar-refractivity contribution < 1.29 is 27.5 Å². The van der Waals surface area contributed by atoms with Crippen molar-refractivity contribution in [3.05, 3.63) is 84.4 Å². The molecule has 10 heteroatoms. The molecule has 0 radical (unpaired) electrons. The third-order valence-electron chi connectivity index (χ3n) is 6.20. The summed E-state index contributed by atoms with van der Waals surface area (Å²) >= 11 is 0. The fourth-order valence-corrected chi connectivity index (χ4v) is 5.58. The second kappa shape index (κ2) is 13.5. The van der Waals surface area contributed by atoms with Gasteiger partial charge in [0.25, 0.3) is 10.0 Å². The SMILES string of the molecule is CCOc1ccc(N(CC(=O)N(Cc2cccc(OC)c2)[C@@H](C)C(=O)NC(C)(C)C)S(=O)(=O)c2ccccc2)cc1. The molecule has 41 heavy (non-hydrogen) atoms. The van der Waals surface area contributed by atoms with Crippen molar-refractivity contribution in [2.45, 2.75) is 57.6 Å². The van der Waals surface area contributed by atoms with Gasteiger partial charge in [-0.2, -0.15) is 0 Å². The molecule has 3 aromatic rings. The predicted molar refractivity (Wildman–Crippen MR) is 159 cm³/mol. The fraction of sp³-hybridized carbons (Fsp3) is 0.355. The van der Waals surface area contributed by atoms with Crippen LogP contribution in [0.2, 0.25) is 0 Å². The Morgan fingerprint density at radius 2 is 1.59 bits per heavy atom. The van der Waals surface area contributed by atoms with E-state index in [-0.39, 0.29) is 17.3 Å². The Bertz CT molecular complexity index is 1420. The Balaban J connectivity index is 2.03. The second-order valence-electron chi connectivity index (χ2n) is 10.5. The van der Waals surface area contributed by atoms with Crippen molar-refractivity contribution in [3.63, 3.8) is 0 Å². The van der Waals surface area contributed by atoms with E-state index in [1.807, 2.05) is 33.8 Å². The van der Waals surface area contributed by atoms with Gasteiger partial charge >= 0.3 is 0 Å². The Hall–Kier alpha value is -4.05. The number of ether oxygens (including phenoxy) is 2. The summed E-state index contributed by atoms with van der Waals surface area (Å²) in [5.74, 6) is 0.279. The number of amides is 2. The molecule has 1 atom stereocenters. The first-order valence-electron chi connectivity index (χ1n) is 13.4. The van der Waals surface area contributed by atoms with Crippen molar-refractivity contribution in [1.82, 2.24) is 10.2 Å². The molecule has 0 aliphatic carbocycles. The number of carbonyl (C=O) groups excluding carboxylic acids is 2. The number of rotatable bonds is 12. The molecule has 0 unspecified atom stereocenters. The maximum absolute atomic E-state index is 14.0. The number of hydrogen-bond acceptors (Lipinski definition) is 6. The first kappa shape index (κ1) is 31.5. The van der Waals surface area contributed by atoms with Crippen LogP contribution in [0.3, 0.4) is 0 Å². The third kappa shape index (κ3) is 8.47. The number of anilines is 1. The van der Waals surface area contributed by atoms with Crippen LogP contribution in [0.1, 0.15) is 40.2 Å². The van der Waals surface area contributed by atoms with E-state index in [1.165, 1.54) is 17.0 Å². The van der Waals surface area contributed by atoms with Crippen molar-refractivity contribution >= 4 is 27.5 Å². The van der Waals surface area contributed by atoms with Crippen LogP contribution in [0.4, 0.5) is 5.69 Å². The van der Waals surface area contributed by atoms with E-state index in [9.17, 15) is 18.0 Å². The molecule has 0 aromatic heterocycles. The molecule has 2 amide bonds. The summed E-state index contributed by atoms with van der Waals surface area (Å²) < 4.78 is 39.6. The van der Waals surface area contributed by atoms with E-state index in [1.54, 1.807) is 74.7 Å². The topological polar surface area (TPSA) is 105 Å². The fourth-order valence-electron chi connectivity index (χ4n) is 4.15. The zero-order valence-corrected chi connectivity index (χ0v) is 25.3. The summed E-state index contributed by atoms with van der Waals surface area (Å²) in [6.45, 7) is 9.04. The molecule has 3 aromatic carbocycles. The molecule has 0 heterocycles. The normalized spacial score (nSPS) is 12.2. The van der Waals surface area contributed by atoms with E-state index in [0.29, 0.717) is 23.8 Å². The van der Waals surface area contributed by atoms with Crippen molar-refractivity contribution in [3.8, 4) is 11.5 Å². The van der Waals surface area contributed by atoms with Gasteiger partial charge in [0.05, 0.1) is 24.3 Å². The lowest BCUT2D eigenvalue weighted by Gasteiger charge is -2.33. The van der Waals surface area contributed by atoms with Gasteiger partial charge in [0.1, 0.15) is 24.1 Å². The molecule has 3 rings (SSSR count). The first-order valence-corrected chi connectivity index (χ1v) is 14.8. The molecule has 0 bridgehead atoms. The second-order valence-corrected chi connectivity index (χ2v) is 12.4. The number of methoxy groups -OCH3 is 1. The minimum absolute atomic E-state index is 0.0413. The van der Waals surface area contributed by atoms with Crippen LogP contribution in [0.15, 0.2) is 83.8 Å². The number of benzene rings is 3. The highest BCUT2D eigenvalue weighted by Crippen LogP contribution is 2.27. The van der Waals surface area contributed by atoms with Crippen molar-refractivity contribution in [2.24, 2.45) is 0 Å². The molecule has 0 saturated carbocycles. The number of nitrogens with one attached hydrogen (secondary N) is 1. The largest absolute Gasteiger partial charge is 0.497 e. The standard InChI is InChI=1S/C31H39N3O6S/c1-7-40-26-18-16-25(17-19-26)34(41(37,38)28-14-9-8-10-15-28)22-29(35)33(23(2)30(36)32-31(3,4)5)21-24-12-11-13-27(20-24)39-6/h8-20,23H,7,21-22H2,1-6H3,(H,32,36)/t23-/m0/s1. The molecule has 0 fully saturated rings.